The van der Waals surface area contributed by atoms with E-state index < -0.39 is 0 Å². The second kappa shape index (κ2) is 4.43. The van der Waals surface area contributed by atoms with Gasteiger partial charge in [-0.3, -0.25) is 0 Å². The number of hydrogen-bond acceptors (Lipinski definition) is 1. The lowest BCUT2D eigenvalue weighted by Gasteiger charge is -2.10. The molecule has 1 rings (SSSR count). The molecule has 0 aliphatic carbocycles. The third-order valence-electron chi connectivity index (χ3n) is 2.49. The highest BCUT2D eigenvalue weighted by atomic mass is 14.6. The lowest BCUT2D eigenvalue weighted by Crippen LogP contribution is -2.15. The Kier molecular flexibility index (Phi) is 3.49. The summed E-state index contributed by atoms with van der Waals surface area (Å²) in [4.78, 5) is 0. The monoisotopic (exact) mass is 177 g/mol. The van der Waals surface area contributed by atoms with Gasteiger partial charge in [-0.15, -0.1) is 0 Å². The Morgan fingerprint density at radius 1 is 1.23 bits per heavy atom. The summed E-state index contributed by atoms with van der Waals surface area (Å²) in [5.41, 5.74) is 9.99. The van der Waals surface area contributed by atoms with Crippen molar-refractivity contribution in [2.24, 2.45) is 5.73 Å². The average molecular weight is 177 g/mol. The Balaban J connectivity index is 2.75. The Hall–Kier alpha value is -0.820. The first-order valence-electron chi connectivity index (χ1n) is 4.92. The molecule has 13 heavy (non-hydrogen) atoms. The number of rotatable bonds is 3. The molecule has 0 aliphatic heterocycles. The standard InChI is InChI=1S/C12H19N/c1-9-5-4-6-10(2)12(9)8-7-11(3)13/h4-6,11H,7-8,13H2,1-3H3/t11-/m0/s1. The van der Waals surface area contributed by atoms with Crippen molar-refractivity contribution in [2.45, 2.75) is 39.7 Å². The van der Waals surface area contributed by atoms with Crippen LogP contribution in [0.15, 0.2) is 18.2 Å². The van der Waals surface area contributed by atoms with Gasteiger partial charge >= 0.3 is 0 Å². The van der Waals surface area contributed by atoms with Gasteiger partial charge in [-0.2, -0.15) is 0 Å². The first-order valence-corrected chi connectivity index (χ1v) is 4.92. The summed E-state index contributed by atoms with van der Waals surface area (Å²) in [7, 11) is 0. The van der Waals surface area contributed by atoms with Crippen molar-refractivity contribution < 1.29 is 0 Å². The number of benzene rings is 1. The van der Waals surface area contributed by atoms with Crippen LogP contribution in [0.4, 0.5) is 0 Å². The van der Waals surface area contributed by atoms with Crippen molar-refractivity contribution in [3.63, 3.8) is 0 Å². The summed E-state index contributed by atoms with van der Waals surface area (Å²) in [5, 5.41) is 0. The van der Waals surface area contributed by atoms with Crippen molar-refractivity contribution >= 4 is 0 Å². The molecule has 0 amide bonds. The smallest absolute Gasteiger partial charge is 0.00136 e. The summed E-state index contributed by atoms with van der Waals surface area (Å²) < 4.78 is 0. The molecule has 1 aromatic rings. The van der Waals surface area contributed by atoms with Gasteiger partial charge in [0.15, 0.2) is 0 Å². The maximum absolute atomic E-state index is 5.74. The first-order chi connectivity index (χ1) is 6.11. The third-order valence-corrected chi connectivity index (χ3v) is 2.49. The summed E-state index contributed by atoms with van der Waals surface area (Å²) in [6.45, 7) is 6.40. The van der Waals surface area contributed by atoms with Crippen LogP contribution in [-0.2, 0) is 6.42 Å². The molecule has 0 saturated heterocycles. The van der Waals surface area contributed by atoms with E-state index in [1.54, 1.807) is 0 Å². The summed E-state index contributed by atoms with van der Waals surface area (Å²) in [6, 6.07) is 6.76. The van der Waals surface area contributed by atoms with Gasteiger partial charge in [-0.1, -0.05) is 18.2 Å². The normalized spacial score (nSPS) is 12.9. The molecule has 72 valence electrons. The summed E-state index contributed by atoms with van der Waals surface area (Å²) >= 11 is 0. The van der Waals surface area contributed by atoms with Crippen LogP contribution in [0.2, 0.25) is 0 Å². The molecule has 1 aromatic carbocycles. The van der Waals surface area contributed by atoms with Crippen LogP contribution in [0.1, 0.15) is 30.0 Å². The predicted molar refractivity (Wildman–Crippen MR) is 57.9 cm³/mol. The Labute approximate surface area is 81.0 Å². The van der Waals surface area contributed by atoms with Crippen molar-refractivity contribution in [1.82, 2.24) is 0 Å². The summed E-state index contributed by atoms with van der Waals surface area (Å²) in [6.07, 6.45) is 2.18. The van der Waals surface area contributed by atoms with Gasteiger partial charge in [0, 0.05) is 6.04 Å². The Morgan fingerprint density at radius 2 is 1.77 bits per heavy atom. The van der Waals surface area contributed by atoms with Crippen molar-refractivity contribution in [2.75, 3.05) is 0 Å². The highest BCUT2D eigenvalue weighted by Crippen LogP contribution is 2.15. The van der Waals surface area contributed by atoms with Gasteiger partial charge in [0.1, 0.15) is 0 Å². The van der Waals surface area contributed by atoms with Crippen LogP contribution < -0.4 is 5.73 Å². The molecule has 0 bridgehead atoms. The fourth-order valence-electron chi connectivity index (χ4n) is 1.62. The topological polar surface area (TPSA) is 26.0 Å². The quantitative estimate of drug-likeness (QED) is 0.754. The first kappa shape index (κ1) is 10.3. The molecule has 1 heteroatoms. The fraction of sp³-hybridized carbons (Fsp3) is 0.500. The molecule has 0 saturated carbocycles. The summed E-state index contributed by atoms with van der Waals surface area (Å²) in [5.74, 6) is 0. The van der Waals surface area contributed by atoms with E-state index in [1.165, 1.54) is 16.7 Å². The lowest BCUT2D eigenvalue weighted by molar-refractivity contribution is 0.663. The van der Waals surface area contributed by atoms with Crippen LogP contribution in [0.3, 0.4) is 0 Å². The second-order valence-corrected chi connectivity index (χ2v) is 3.89. The maximum Gasteiger partial charge on any atom is 0.00136 e. The molecule has 2 N–H and O–H groups in total. The van der Waals surface area contributed by atoms with Gasteiger partial charge in [0.25, 0.3) is 0 Å². The van der Waals surface area contributed by atoms with Crippen LogP contribution >= 0.6 is 0 Å². The van der Waals surface area contributed by atoms with Gasteiger partial charge in [0.05, 0.1) is 0 Å². The molecule has 0 unspecified atom stereocenters. The molecular weight excluding hydrogens is 158 g/mol. The van der Waals surface area contributed by atoms with Gasteiger partial charge < -0.3 is 5.73 Å². The zero-order valence-corrected chi connectivity index (χ0v) is 8.80. The van der Waals surface area contributed by atoms with E-state index in [2.05, 4.69) is 39.0 Å². The fourth-order valence-corrected chi connectivity index (χ4v) is 1.62. The highest BCUT2D eigenvalue weighted by molar-refractivity contribution is 5.33. The van der Waals surface area contributed by atoms with Crippen LogP contribution in [-0.4, -0.2) is 6.04 Å². The van der Waals surface area contributed by atoms with E-state index in [9.17, 15) is 0 Å². The van der Waals surface area contributed by atoms with Crippen LogP contribution in [0.5, 0.6) is 0 Å². The maximum atomic E-state index is 5.74. The average Bonchev–Trinajstić information content (AvgIpc) is 2.03. The van der Waals surface area contributed by atoms with E-state index in [4.69, 9.17) is 5.73 Å². The molecule has 1 nitrogen and oxygen atoms in total. The Morgan fingerprint density at radius 3 is 2.23 bits per heavy atom. The molecule has 0 aromatic heterocycles. The second-order valence-electron chi connectivity index (χ2n) is 3.89. The zero-order chi connectivity index (χ0) is 9.84. The third kappa shape index (κ3) is 2.85. The van der Waals surface area contributed by atoms with E-state index >= 15 is 0 Å². The van der Waals surface area contributed by atoms with Crippen molar-refractivity contribution in [1.29, 1.82) is 0 Å². The van der Waals surface area contributed by atoms with Gasteiger partial charge in [-0.05, 0) is 50.3 Å². The van der Waals surface area contributed by atoms with Crippen molar-refractivity contribution in [3.8, 4) is 0 Å². The largest absolute Gasteiger partial charge is 0.328 e. The molecule has 0 fully saturated rings. The van der Waals surface area contributed by atoms with Gasteiger partial charge in [-0.25, -0.2) is 0 Å². The minimum absolute atomic E-state index is 0.305. The zero-order valence-electron chi connectivity index (χ0n) is 8.80. The molecule has 0 spiro atoms. The predicted octanol–water partition coefficient (Wildman–Crippen LogP) is 2.58. The number of hydrogen-bond donors (Lipinski definition) is 1. The molecule has 0 aliphatic rings. The van der Waals surface area contributed by atoms with E-state index in [0.29, 0.717) is 6.04 Å². The Bertz CT molecular complexity index is 256. The van der Waals surface area contributed by atoms with Crippen molar-refractivity contribution in [3.05, 3.63) is 34.9 Å². The lowest BCUT2D eigenvalue weighted by atomic mass is 9.97. The highest BCUT2D eigenvalue weighted by Gasteiger charge is 2.02. The van der Waals surface area contributed by atoms with Gasteiger partial charge in [0.2, 0.25) is 0 Å². The van der Waals surface area contributed by atoms with E-state index in [-0.39, 0.29) is 0 Å². The minimum Gasteiger partial charge on any atom is -0.328 e. The van der Waals surface area contributed by atoms with Crippen LogP contribution in [0.25, 0.3) is 0 Å². The number of aryl methyl sites for hydroxylation is 2. The molecule has 0 radical (unpaired) electrons. The molecular formula is C12H19N. The SMILES string of the molecule is Cc1cccc(C)c1CC[C@H](C)N. The van der Waals surface area contributed by atoms with Crippen LogP contribution in [0, 0.1) is 13.8 Å². The molecule has 0 heterocycles. The van der Waals surface area contributed by atoms with E-state index in [0.717, 1.165) is 12.8 Å². The van der Waals surface area contributed by atoms with E-state index in [1.807, 2.05) is 0 Å². The molecule has 1 atom stereocenters. The minimum atomic E-state index is 0.305. The number of nitrogens with two attached hydrogens (primary N) is 1.